The van der Waals surface area contributed by atoms with E-state index in [1.807, 2.05) is 54.6 Å². The number of amides is 3. The predicted octanol–water partition coefficient (Wildman–Crippen LogP) is 2.26. The van der Waals surface area contributed by atoms with Gasteiger partial charge in [0, 0.05) is 24.1 Å². The third kappa shape index (κ3) is 4.55. The number of benzodiazepines with no additional fused rings is 1. The van der Waals surface area contributed by atoms with Gasteiger partial charge in [-0.3, -0.25) is 14.4 Å². The van der Waals surface area contributed by atoms with Crippen LogP contribution in [0.1, 0.15) is 24.5 Å². The molecule has 3 atom stereocenters. The SMILES string of the molecule is C=CCC(C(N)=O)C(C)C(=O)NC1N=C(c2ccccc2)c2ccccc2N(C)C1=O. The van der Waals surface area contributed by atoms with Crippen LogP contribution in [-0.2, 0) is 14.4 Å². The first-order valence-electron chi connectivity index (χ1n) is 10.1. The molecule has 0 fully saturated rings. The molecule has 3 N–H and O–H groups in total. The van der Waals surface area contributed by atoms with Gasteiger partial charge in [-0.1, -0.05) is 61.5 Å². The van der Waals surface area contributed by atoms with E-state index in [2.05, 4.69) is 16.9 Å². The number of nitrogens with two attached hydrogens (primary N) is 1. The van der Waals surface area contributed by atoms with E-state index in [0.717, 1.165) is 11.1 Å². The topological polar surface area (TPSA) is 105 Å². The van der Waals surface area contributed by atoms with Gasteiger partial charge in [0.25, 0.3) is 5.91 Å². The van der Waals surface area contributed by atoms with Crippen LogP contribution in [0, 0.1) is 11.8 Å². The predicted molar refractivity (Wildman–Crippen MR) is 121 cm³/mol. The van der Waals surface area contributed by atoms with E-state index in [1.165, 1.54) is 4.90 Å². The first-order valence-corrected chi connectivity index (χ1v) is 10.1. The van der Waals surface area contributed by atoms with Gasteiger partial charge in [-0.05, 0) is 12.5 Å². The maximum absolute atomic E-state index is 13.2. The zero-order chi connectivity index (χ0) is 22.5. The largest absolute Gasteiger partial charge is 0.369 e. The number of fused-ring (bicyclic) bond motifs is 1. The second kappa shape index (κ2) is 9.38. The van der Waals surface area contributed by atoms with Crippen LogP contribution < -0.4 is 16.0 Å². The molecule has 2 aromatic carbocycles. The van der Waals surface area contributed by atoms with Gasteiger partial charge in [0.05, 0.1) is 17.3 Å². The Morgan fingerprint density at radius 3 is 2.48 bits per heavy atom. The molecule has 160 valence electrons. The minimum absolute atomic E-state index is 0.270. The summed E-state index contributed by atoms with van der Waals surface area (Å²) in [6.07, 6.45) is 0.679. The van der Waals surface area contributed by atoms with Gasteiger partial charge in [-0.25, -0.2) is 4.99 Å². The number of hydrogen-bond acceptors (Lipinski definition) is 4. The van der Waals surface area contributed by atoms with Crippen molar-refractivity contribution in [2.75, 3.05) is 11.9 Å². The molecule has 7 nitrogen and oxygen atoms in total. The lowest BCUT2D eigenvalue weighted by molar-refractivity contribution is -0.134. The van der Waals surface area contributed by atoms with Crippen molar-refractivity contribution in [2.45, 2.75) is 19.5 Å². The number of anilines is 1. The molecule has 0 bridgehead atoms. The van der Waals surface area contributed by atoms with E-state index in [9.17, 15) is 14.4 Å². The second-order valence-corrected chi connectivity index (χ2v) is 7.49. The maximum atomic E-state index is 13.2. The second-order valence-electron chi connectivity index (χ2n) is 7.49. The number of nitrogens with one attached hydrogen (secondary N) is 1. The normalized spacial score (nSPS) is 17.6. The van der Waals surface area contributed by atoms with Gasteiger partial charge in [-0.15, -0.1) is 6.58 Å². The number of allylic oxidation sites excluding steroid dienone is 1. The van der Waals surface area contributed by atoms with Gasteiger partial charge < -0.3 is 16.0 Å². The highest BCUT2D eigenvalue weighted by atomic mass is 16.2. The summed E-state index contributed by atoms with van der Waals surface area (Å²) in [5.74, 6) is -2.90. The lowest BCUT2D eigenvalue weighted by Gasteiger charge is -2.24. The molecule has 0 saturated carbocycles. The van der Waals surface area contributed by atoms with Crippen LogP contribution >= 0.6 is 0 Å². The third-order valence-corrected chi connectivity index (χ3v) is 5.47. The van der Waals surface area contributed by atoms with Crippen molar-refractivity contribution in [2.24, 2.45) is 22.6 Å². The lowest BCUT2D eigenvalue weighted by atomic mass is 9.89. The van der Waals surface area contributed by atoms with Crippen LogP contribution in [0.25, 0.3) is 0 Å². The van der Waals surface area contributed by atoms with E-state index in [0.29, 0.717) is 11.4 Å². The minimum atomic E-state index is -1.14. The molecule has 0 saturated heterocycles. The summed E-state index contributed by atoms with van der Waals surface area (Å²) >= 11 is 0. The molecular weight excluding hydrogens is 392 g/mol. The van der Waals surface area contributed by atoms with Crippen LogP contribution in [0.15, 0.2) is 72.2 Å². The van der Waals surface area contributed by atoms with Crippen molar-refractivity contribution in [3.63, 3.8) is 0 Å². The number of aliphatic imine (C=N–C) groups is 1. The van der Waals surface area contributed by atoms with E-state index in [4.69, 9.17) is 5.73 Å². The summed E-state index contributed by atoms with van der Waals surface area (Å²) < 4.78 is 0. The molecular formula is C24H26N4O3. The van der Waals surface area contributed by atoms with Crippen molar-refractivity contribution in [3.8, 4) is 0 Å². The van der Waals surface area contributed by atoms with Crippen LogP contribution in [0.5, 0.6) is 0 Å². The molecule has 3 rings (SSSR count). The Kier molecular flexibility index (Phi) is 6.65. The van der Waals surface area contributed by atoms with E-state index in [-0.39, 0.29) is 12.3 Å². The number of carbonyl (C=O) groups is 3. The highest BCUT2D eigenvalue weighted by Crippen LogP contribution is 2.27. The van der Waals surface area contributed by atoms with Crippen molar-refractivity contribution in [1.82, 2.24) is 5.32 Å². The molecule has 1 aliphatic heterocycles. The maximum Gasteiger partial charge on any atom is 0.272 e. The molecule has 0 aliphatic carbocycles. The highest BCUT2D eigenvalue weighted by molar-refractivity contribution is 6.20. The molecule has 0 radical (unpaired) electrons. The van der Waals surface area contributed by atoms with Gasteiger partial charge in [0.2, 0.25) is 18.0 Å². The van der Waals surface area contributed by atoms with Gasteiger partial charge in [0.15, 0.2) is 0 Å². The minimum Gasteiger partial charge on any atom is -0.369 e. The fourth-order valence-corrected chi connectivity index (χ4v) is 3.64. The Hall–Kier alpha value is -3.74. The Morgan fingerprint density at radius 2 is 1.84 bits per heavy atom. The number of nitrogens with zero attached hydrogens (tertiary/aromatic N) is 2. The fraction of sp³-hybridized carbons (Fsp3) is 0.250. The lowest BCUT2D eigenvalue weighted by Crippen LogP contribution is -2.49. The van der Waals surface area contributed by atoms with Crippen molar-refractivity contribution in [3.05, 3.63) is 78.4 Å². The average molecular weight is 418 g/mol. The number of hydrogen-bond donors (Lipinski definition) is 2. The van der Waals surface area contributed by atoms with E-state index >= 15 is 0 Å². The fourth-order valence-electron chi connectivity index (χ4n) is 3.64. The first-order chi connectivity index (χ1) is 14.8. The van der Waals surface area contributed by atoms with E-state index in [1.54, 1.807) is 20.0 Å². The van der Waals surface area contributed by atoms with Crippen LogP contribution in [0.2, 0.25) is 0 Å². The summed E-state index contributed by atoms with van der Waals surface area (Å²) in [5, 5.41) is 2.71. The average Bonchev–Trinajstić information content (AvgIpc) is 2.88. The highest BCUT2D eigenvalue weighted by Gasteiger charge is 2.34. The van der Waals surface area contributed by atoms with E-state index < -0.39 is 29.8 Å². The Morgan fingerprint density at radius 1 is 1.19 bits per heavy atom. The standard InChI is InChI=1S/C24H26N4O3/c1-4-10-17(21(25)29)15(2)23(30)27-22-24(31)28(3)19-14-9-8-13-18(19)20(26-22)16-11-6-5-7-12-16/h4-9,11-15,17,22H,1,10H2,2-3H3,(H2,25,29)(H,27,30). The molecule has 0 aromatic heterocycles. The Balaban J connectivity index is 2.00. The van der Waals surface area contributed by atoms with Crippen molar-refractivity contribution >= 4 is 29.1 Å². The van der Waals surface area contributed by atoms with Gasteiger partial charge in [-0.2, -0.15) is 0 Å². The van der Waals surface area contributed by atoms with Crippen LogP contribution in [0.3, 0.4) is 0 Å². The molecule has 1 heterocycles. The zero-order valence-electron chi connectivity index (χ0n) is 17.6. The Labute approximate surface area is 181 Å². The molecule has 3 amide bonds. The smallest absolute Gasteiger partial charge is 0.272 e. The van der Waals surface area contributed by atoms with Crippen molar-refractivity contribution in [1.29, 1.82) is 0 Å². The number of likely N-dealkylation sites (N-methyl/N-ethyl adjacent to an activating group) is 1. The molecule has 2 aromatic rings. The van der Waals surface area contributed by atoms with Crippen LogP contribution in [-0.4, -0.2) is 36.6 Å². The summed E-state index contributed by atoms with van der Waals surface area (Å²) in [4.78, 5) is 44.0. The van der Waals surface area contributed by atoms with Gasteiger partial charge >= 0.3 is 0 Å². The molecule has 3 unspecified atom stereocenters. The third-order valence-electron chi connectivity index (χ3n) is 5.47. The van der Waals surface area contributed by atoms with Crippen LogP contribution in [0.4, 0.5) is 5.69 Å². The number of para-hydroxylation sites is 1. The Bertz CT molecular complexity index is 1030. The quantitative estimate of drug-likeness (QED) is 0.674. The summed E-state index contributed by atoms with van der Waals surface area (Å²) in [6.45, 7) is 5.23. The van der Waals surface area contributed by atoms with Gasteiger partial charge in [0.1, 0.15) is 0 Å². The summed E-state index contributed by atoms with van der Waals surface area (Å²) in [7, 11) is 1.65. The molecule has 31 heavy (non-hydrogen) atoms. The molecule has 0 spiro atoms. The molecule has 7 heteroatoms. The van der Waals surface area contributed by atoms with Crippen molar-refractivity contribution < 1.29 is 14.4 Å². The zero-order valence-corrected chi connectivity index (χ0v) is 17.6. The number of rotatable bonds is 7. The monoisotopic (exact) mass is 418 g/mol. The summed E-state index contributed by atoms with van der Waals surface area (Å²) in [6, 6.07) is 16.9. The number of carbonyl (C=O) groups excluding carboxylic acids is 3. The summed E-state index contributed by atoms with van der Waals surface area (Å²) in [5.41, 5.74) is 8.37. The molecule has 1 aliphatic rings. The number of benzene rings is 2. The first kappa shape index (κ1) is 22.0. The number of primary amides is 1.